The molecule has 0 saturated carbocycles. The van der Waals surface area contributed by atoms with E-state index in [0.717, 1.165) is 95.2 Å². The van der Waals surface area contributed by atoms with Gasteiger partial charge in [-0.3, -0.25) is 0 Å². The Balaban J connectivity index is 1.21. The summed E-state index contributed by atoms with van der Waals surface area (Å²) in [5.41, 5.74) is 22.2. The van der Waals surface area contributed by atoms with Crippen molar-refractivity contribution in [2.75, 3.05) is 10.2 Å². The number of hydrogen-bond acceptors (Lipinski definition) is 2. The third-order valence-corrected chi connectivity index (χ3v) is 13.5. The molecule has 72 heavy (non-hydrogen) atoms. The Morgan fingerprint density at radius 3 is 1.03 bits per heavy atom. The normalized spacial score (nSPS) is 11.3. The van der Waals surface area contributed by atoms with Gasteiger partial charge in [0.2, 0.25) is 0 Å². The van der Waals surface area contributed by atoms with Gasteiger partial charge in [0.25, 0.3) is 0 Å². The zero-order chi connectivity index (χ0) is 48.9. The first-order chi connectivity index (χ1) is 35.3. The molecule has 2 nitrogen and oxygen atoms in total. The number of nitrogens with zero attached hydrogens (tertiary/aromatic N) is 1. The highest BCUT2D eigenvalue weighted by molar-refractivity contribution is 6.02. The minimum absolute atomic E-state index is 0.215. The smallest absolute Gasteiger partial charge is 0.0618 e. The molecule has 0 aliphatic rings. The van der Waals surface area contributed by atoms with E-state index < -0.39 is 0 Å². The van der Waals surface area contributed by atoms with Gasteiger partial charge in [-0.25, -0.2) is 0 Å². The predicted octanol–water partition coefficient (Wildman–Crippen LogP) is 19.9. The van der Waals surface area contributed by atoms with Crippen LogP contribution in [0.25, 0.3) is 77.9 Å². The van der Waals surface area contributed by atoms with Crippen LogP contribution in [0.3, 0.4) is 0 Å². The minimum Gasteiger partial charge on any atom is -0.354 e. The van der Waals surface area contributed by atoms with Crippen LogP contribution in [0.15, 0.2) is 279 Å². The van der Waals surface area contributed by atoms with Crippen LogP contribution in [0.5, 0.6) is 0 Å². The molecule has 0 aliphatic heterocycles. The summed E-state index contributed by atoms with van der Waals surface area (Å²) in [5.74, 6) is 0. The predicted molar refractivity (Wildman–Crippen MR) is 308 cm³/mol. The van der Waals surface area contributed by atoms with Gasteiger partial charge in [-0.2, -0.15) is 0 Å². The van der Waals surface area contributed by atoms with Crippen molar-refractivity contribution < 1.29 is 0 Å². The molecule has 0 aromatic heterocycles. The first-order valence-electron chi connectivity index (χ1n) is 24.9. The molecule has 0 spiro atoms. The quantitative estimate of drug-likeness (QED) is 0.131. The number of benzene rings is 11. The lowest BCUT2D eigenvalue weighted by Crippen LogP contribution is -2.17. The lowest BCUT2D eigenvalue weighted by molar-refractivity contribution is 0.590. The standard InChI is InChI=1S/C70H56N2/c1-70(2,3)60-47-61(71-68-64(53-32-17-7-18-33-53)43-58(51-28-13-5-14-29-51)44-65(68)54-34-19-8-20-35-54)49-63(48-60)72(62-41-25-40-57(42-62)50-26-11-4-12-27-50)69-66(55-36-21-9-22-37-55)45-59(52-30-15-6-16-31-52)46-67(69)56-38-23-10-24-39-56/h4-49,71H,1-3H3. The van der Waals surface area contributed by atoms with Crippen LogP contribution in [0.1, 0.15) is 26.3 Å². The molecule has 0 aliphatic carbocycles. The first kappa shape index (κ1) is 45.5. The summed E-state index contributed by atoms with van der Waals surface area (Å²) in [7, 11) is 0. The van der Waals surface area contributed by atoms with Gasteiger partial charge in [0.15, 0.2) is 0 Å². The van der Waals surface area contributed by atoms with Crippen molar-refractivity contribution >= 4 is 28.4 Å². The molecule has 2 heteroatoms. The number of anilines is 5. The molecule has 0 saturated heterocycles. The van der Waals surface area contributed by atoms with Crippen molar-refractivity contribution in [3.05, 3.63) is 285 Å². The second kappa shape index (κ2) is 20.2. The van der Waals surface area contributed by atoms with Gasteiger partial charge in [0.1, 0.15) is 0 Å². The van der Waals surface area contributed by atoms with Crippen LogP contribution >= 0.6 is 0 Å². The molecule has 0 bridgehead atoms. The number of hydrogen-bond donors (Lipinski definition) is 1. The third-order valence-electron chi connectivity index (χ3n) is 13.5. The average molecular weight is 925 g/mol. The van der Waals surface area contributed by atoms with Crippen molar-refractivity contribution in [3.8, 4) is 77.9 Å². The maximum atomic E-state index is 4.16. The fraction of sp³-hybridized carbons (Fsp3) is 0.0571. The second-order valence-corrected chi connectivity index (χ2v) is 19.5. The van der Waals surface area contributed by atoms with Crippen molar-refractivity contribution in [1.82, 2.24) is 0 Å². The van der Waals surface area contributed by atoms with Gasteiger partial charge >= 0.3 is 0 Å². The molecule has 11 aromatic carbocycles. The molecule has 1 N–H and O–H groups in total. The summed E-state index contributed by atoms with van der Waals surface area (Å²) in [4.78, 5) is 2.51. The highest BCUT2D eigenvalue weighted by Crippen LogP contribution is 2.51. The second-order valence-electron chi connectivity index (χ2n) is 19.5. The fourth-order valence-corrected chi connectivity index (χ4v) is 9.87. The van der Waals surface area contributed by atoms with E-state index in [1.165, 1.54) is 16.7 Å². The van der Waals surface area contributed by atoms with Crippen LogP contribution in [-0.4, -0.2) is 0 Å². The Bertz CT molecular complexity index is 3460. The van der Waals surface area contributed by atoms with Crippen molar-refractivity contribution in [2.45, 2.75) is 26.2 Å². The average Bonchev–Trinajstić information content (AvgIpc) is 3.44. The van der Waals surface area contributed by atoms with Crippen LogP contribution in [0, 0.1) is 0 Å². The minimum atomic E-state index is -0.215. The fourth-order valence-electron chi connectivity index (χ4n) is 9.87. The summed E-state index contributed by atoms with van der Waals surface area (Å²) in [5, 5.41) is 4.16. The van der Waals surface area contributed by atoms with Crippen LogP contribution in [0.4, 0.5) is 28.4 Å². The Labute approximate surface area is 425 Å². The summed E-state index contributed by atoms with van der Waals surface area (Å²) >= 11 is 0. The lowest BCUT2D eigenvalue weighted by Gasteiger charge is -2.33. The Hall–Kier alpha value is -8.98. The van der Waals surface area contributed by atoms with Crippen LogP contribution < -0.4 is 10.2 Å². The summed E-state index contributed by atoms with van der Waals surface area (Å²) in [6.07, 6.45) is 0. The van der Waals surface area contributed by atoms with E-state index in [2.05, 4.69) is 310 Å². The van der Waals surface area contributed by atoms with E-state index in [-0.39, 0.29) is 5.41 Å². The highest BCUT2D eigenvalue weighted by Gasteiger charge is 2.27. The monoisotopic (exact) mass is 924 g/mol. The Morgan fingerprint density at radius 1 is 0.278 bits per heavy atom. The van der Waals surface area contributed by atoms with E-state index in [9.17, 15) is 0 Å². The SMILES string of the molecule is CC(C)(C)c1cc(Nc2c(-c3ccccc3)cc(-c3ccccc3)cc2-c2ccccc2)cc(N(c2cccc(-c3ccccc3)c2)c2c(-c3ccccc3)cc(-c3ccccc3)cc2-c2ccccc2)c1. The molecular formula is C70H56N2. The van der Waals surface area contributed by atoms with Crippen molar-refractivity contribution in [3.63, 3.8) is 0 Å². The van der Waals surface area contributed by atoms with Crippen molar-refractivity contribution in [1.29, 1.82) is 0 Å². The number of rotatable bonds is 12. The summed E-state index contributed by atoms with van der Waals surface area (Å²) in [6.45, 7) is 6.94. The van der Waals surface area contributed by atoms with E-state index in [4.69, 9.17) is 0 Å². The molecule has 0 fully saturated rings. The van der Waals surface area contributed by atoms with Crippen LogP contribution in [-0.2, 0) is 5.41 Å². The first-order valence-corrected chi connectivity index (χ1v) is 24.9. The maximum Gasteiger partial charge on any atom is 0.0618 e. The summed E-state index contributed by atoms with van der Waals surface area (Å²) < 4.78 is 0. The Kier molecular flexibility index (Phi) is 12.7. The van der Waals surface area contributed by atoms with E-state index in [0.29, 0.717) is 0 Å². The number of nitrogens with one attached hydrogen (secondary N) is 1. The lowest BCUT2D eigenvalue weighted by atomic mass is 9.85. The molecule has 11 rings (SSSR count). The molecule has 0 amide bonds. The van der Waals surface area contributed by atoms with E-state index in [1.807, 2.05) is 0 Å². The molecule has 0 unspecified atom stereocenters. The zero-order valence-electron chi connectivity index (χ0n) is 41.0. The third kappa shape index (κ3) is 9.64. The van der Waals surface area contributed by atoms with Gasteiger partial charge in [-0.15, -0.1) is 0 Å². The van der Waals surface area contributed by atoms with Gasteiger partial charge < -0.3 is 10.2 Å². The maximum absolute atomic E-state index is 4.16. The van der Waals surface area contributed by atoms with Crippen LogP contribution in [0.2, 0.25) is 0 Å². The van der Waals surface area contributed by atoms with Gasteiger partial charge in [0, 0.05) is 39.3 Å². The molecule has 0 radical (unpaired) electrons. The van der Waals surface area contributed by atoms with E-state index >= 15 is 0 Å². The zero-order valence-corrected chi connectivity index (χ0v) is 41.0. The molecule has 11 aromatic rings. The van der Waals surface area contributed by atoms with E-state index in [1.54, 1.807) is 0 Å². The van der Waals surface area contributed by atoms with Crippen molar-refractivity contribution in [2.24, 2.45) is 0 Å². The molecule has 346 valence electrons. The molecular weight excluding hydrogens is 869 g/mol. The molecule has 0 atom stereocenters. The Morgan fingerprint density at radius 2 is 0.625 bits per heavy atom. The molecule has 0 heterocycles. The largest absolute Gasteiger partial charge is 0.354 e. The highest BCUT2D eigenvalue weighted by atomic mass is 15.1. The van der Waals surface area contributed by atoms with Gasteiger partial charge in [-0.1, -0.05) is 245 Å². The van der Waals surface area contributed by atoms with Gasteiger partial charge in [0.05, 0.1) is 11.4 Å². The van der Waals surface area contributed by atoms with Gasteiger partial charge in [-0.05, 0) is 121 Å². The summed E-state index contributed by atoms with van der Waals surface area (Å²) in [6, 6.07) is 101. The topological polar surface area (TPSA) is 15.3 Å².